The monoisotopic (exact) mass is 382 g/mol. The fourth-order valence-electron chi connectivity index (χ4n) is 3.07. The Morgan fingerprint density at radius 2 is 1.93 bits per heavy atom. The van der Waals surface area contributed by atoms with E-state index in [0.717, 1.165) is 15.6 Å². The maximum Gasteiger partial charge on any atom is 0.326 e. The number of nitrogens with zero attached hydrogens (tertiary/aromatic N) is 1. The number of carboxylic acids is 1. The lowest BCUT2D eigenvalue weighted by atomic mass is 10.0. The van der Waals surface area contributed by atoms with Crippen LogP contribution in [0.1, 0.15) is 34.5 Å². The van der Waals surface area contributed by atoms with Gasteiger partial charge in [0, 0.05) is 11.3 Å². The number of carbonyl (C=O) groups excluding carboxylic acids is 1. The second kappa shape index (κ2) is 8.31. The van der Waals surface area contributed by atoms with E-state index in [1.807, 2.05) is 25.1 Å². The van der Waals surface area contributed by atoms with Crippen molar-refractivity contribution in [2.75, 3.05) is 0 Å². The smallest absolute Gasteiger partial charge is 0.326 e. The number of hydrogen-bond donors (Lipinski definition) is 2. The molecule has 1 heterocycles. The third-order valence-electron chi connectivity index (χ3n) is 4.52. The van der Waals surface area contributed by atoms with Crippen LogP contribution in [0.3, 0.4) is 0 Å². The average molecular weight is 382 g/mol. The van der Waals surface area contributed by atoms with Gasteiger partial charge in [-0.05, 0) is 29.7 Å². The molecule has 3 aromatic rings. The van der Waals surface area contributed by atoms with Crippen molar-refractivity contribution in [1.29, 1.82) is 0 Å². The molecule has 6 heteroatoms. The van der Waals surface area contributed by atoms with Gasteiger partial charge in [-0.1, -0.05) is 49.4 Å². The Hall–Kier alpha value is -2.73. The van der Waals surface area contributed by atoms with E-state index in [0.29, 0.717) is 12.8 Å². The molecule has 1 atom stereocenters. The number of benzene rings is 2. The zero-order chi connectivity index (χ0) is 19.4. The van der Waals surface area contributed by atoms with Crippen LogP contribution in [0.2, 0.25) is 0 Å². The highest BCUT2D eigenvalue weighted by Crippen LogP contribution is 2.25. The summed E-state index contributed by atoms with van der Waals surface area (Å²) in [6, 6.07) is 13.6. The molecule has 1 amide bonds. The van der Waals surface area contributed by atoms with Crippen LogP contribution in [-0.4, -0.2) is 28.0 Å². The van der Waals surface area contributed by atoms with E-state index >= 15 is 0 Å². The first-order valence-electron chi connectivity index (χ1n) is 8.92. The van der Waals surface area contributed by atoms with Gasteiger partial charge < -0.3 is 10.4 Å². The SMILES string of the molecule is CCC(NC(=O)Cc1sc(Cc2cccc3ccccc23)nc1C)C(=O)O. The molecule has 0 spiro atoms. The van der Waals surface area contributed by atoms with Crippen molar-refractivity contribution in [3.8, 4) is 0 Å². The number of nitrogens with one attached hydrogen (secondary N) is 1. The molecule has 0 aliphatic carbocycles. The Labute approximate surface area is 162 Å². The molecular weight excluding hydrogens is 360 g/mol. The lowest BCUT2D eigenvalue weighted by molar-refractivity contribution is -0.141. The van der Waals surface area contributed by atoms with E-state index in [2.05, 4.69) is 34.6 Å². The maximum absolute atomic E-state index is 12.2. The minimum atomic E-state index is -1.01. The Morgan fingerprint density at radius 3 is 2.67 bits per heavy atom. The normalized spacial score (nSPS) is 12.1. The number of aryl methyl sites for hydroxylation is 1. The molecule has 0 saturated heterocycles. The van der Waals surface area contributed by atoms with Gasteiger partial charge in [0.1, 0.15) is 6.04 Å². The van der Waals surface area contributed by atoms with Gasteiger partial charge in [0.15, 0.2) is 0 Å². The summed E-state index contributed by atoms with van der Waals surface area (Å²) in [5, 5.41) is 15.0. The van der Waals surface area contributed by atoms with Gasteiger partial charge >= 0.3 is 5.97 Å². The number of amides is 1. The molecule has 0 radical (unpaired) electrons. The molecule has 5 nitrogen and oxygen atoms in total. The summed E-state index contributed by atoms with van der Waals surface area (Å²) in [4.78, 5) is 28.8. The molecular formula is C21H22N2O3S. The molecule has 1 aromatic heterocycles. The van der Waals surface area contributed by atoms with Gasteiger partial charge in [-0.25, -0.2) is 9.78 Å². The first kappa shape index (κ1) is 19.0. The molecule has 0 aliphatic heterocycles. The van der Waals surface area contributed by atoms with Gasteiger partial charge in [-0.3, -0.25) is 4.79 Å². The Kier molecular flexibility index (Phi) is 5.86. The minimum absolute atomic E-state index is 0.156. The summed E-state index contributed by atoms with van der Waals surface area (Å²) >= 11 is 1.51. The van der Waals surface area contributed by atoms with Crippen LogP contribution in [0.15, 0.2) is 42.5 Å². The summed E-state index contributed by atoms with van der Waals surface area (Å²) in [6.45, 7) is 3.62. The highest BCUT2D eigenvalue weighted by Gasteiger charge is 2.19. The Balaban J connectivity index is 1.74. The van der Waals surface area contributed by atoms with Crippen LogP contribution in [0, 0.1) is 6.92 Å². The molecule has 2 aromatic carbocycles. The number of rotatable bonds is 7. The molecule has 27 heavy (non-hydrogen) atoms. The zero-order valence-electron chi connectivity index (χ0n) is 15.4. The molecule has 2 N–H and O–H groups in total. The molecule has 1 unspecified atom stereocenters. The van der Waals surface area contributed by atoms with Crippen molar-refractivity contribution in [2.45, 2.75) is 39.2 Å². The van der Waals surface area contributed by atoms with Gasteiger partial charge in [-0.15, -0.1) is 11.3 Å². The number of hydrogen-bond acceptors (Lipinski definition) is 4. The predicted octanol–water partition coefficient (Wildman–Crippen LogP) is 3.72. The van der Waals surface area contributed by atoms with Crippen LogP contribution >= 0.6 is 11.3 Å². The van der Waals surface area contributed by atoms with Crippen LogP contribution in [-0.2, 0) is 22.4 Å². The molecule has 0 aliphatic rings. The van der Waals surface area contributed by atoms with Gasteiger partial charge in [0.25, 0.3) is 0 Å². The summed E-state index contributed by atoms with van der Waals surface area (Å²) in [6.07, 6.45) is 1.22. The van der Waals surface area contributed by atoms with Crippen molar-refractivity contribution in [3.05, 3.63) is 63.6 Å². The van der Waals surface area contributed by atoms with Crippen molar-refractivity contribution in [3.63, 3.8) is 0 Å². The van der Waals surface area contributed by atoms with E-state index in [-0.39, 0.29) is 12.3 Å². The second-order valence-corrected chi connectivity index (χ2v) is 7.64. The van der Waals surface area contributed by atoms with Crippen molar-refractivity contribution >= 4 is 34.0 Å². The second-order valence-electron chi connectivity index (χ2n) is 6.47. The van der Waals surface area contributed by atoms with E-state index in [1.165, 1.54) is 27.7 Å². The largest absolute Gasteiger partial charge is 0.480 e. The summed E-state index contributed by atoms with van der Waals surface area (Å²) in [5.74, 6) is -1.30. The van der Waals surface area contributed by atoms with E-state index < -0.39 is 12.0 Å². The topological polar surface area (TPSA) is 79.3 Å². The molecule has 140 valence electrons. The van der Waals surface area contributed by atoms with E-state index in [9.17, 15) is 9.59 Å². The van der Waals surface area contributed by atoms with Crippen molar-refractivity contribution in [2.24, 2.45) is 0 Å². The maximum atomic E-state index is 12.2. The highest BCUT2D eigenvalue weighted by molar-refractivity contribution is 7.11. The fourth-order valence-corrected chi connectivity index (χ4v) is 4.16. The first-order valence-corrected chi connectivity index (χ1v) is 9.73. The van der Waals surface area contributed by atoms with Crippen LogP contribution in [0.25, 0.3) is 10.8 Å². The van der Waals surface area contributed by atoms with Crippen LogP contribution < -0.4 is 5.32 Å². The lowest BCUT2D eigenvalue weighted by Crippen LogP contribution is -2.40. The van der Waals surface area contributed by atoms with Crippen LogP contribution in [0.5, 0.6) is 0 Å². The number of carbonyl (C=O) groups is 2. The van der Waals surface area contributed by atoms with E-state index in [4.69, 9.17) is 5.11 Å². The fraction of sp³-hybridized carbons (Fsp3) is 0.286. The molecule has 0 saturated carbocycles. The van der Waals surface area contributed by atoms with Crippen molar-refractivity contribution < 1.29 is 14.7 Å². The summed E-state index contributed by atoms with van der Waals surface area (Å²) in [5.41, 5.74) is 2.03. The van der Waals surface area contributed by atoms with E-state index in [1.54, 1.807) is 6.92 Å². The number of thiazole rings is 1. The van der Waals surface area contributed by atoms with Crippen molar-refractivity contribution in [1.82, 2.24) is 10.3 Å². The Bertz CT molecular complexity index is 975. The predicted molar refractivity (Wildman–Crippen MR) is 107 cm³/mol. The lowest BCUT2D eigenvalue weighted by Gasteiger charge is -2.11. The minimum Gasteiger partial charge on any atom is -0.480 e. The number of aliphatic carboxylic acids is 1. The third kappa shape index (κ3) is 4.52. The Morgan fingerprint density at radius 1 is 1.19 bits per heavy atom. The number of aromatic nitrogens is 1. The quantitative estimate of drug-likeness (QED) is 0.653. The summed E-state index contributed by atoms with van der Waals surface area (Å²) < 4.78 is 0. The molecule has 0 bridgehead atoms. The van der Waals surface area contributed by atoms with Crippen LogP contribution in [0.4, 0.5) is 0 Å². The third-order valence-corrected chi connectivity index (χ3v) is 5.68. The first-order chi connectivity index (χ1) is 13.0. The molecule has 0 fully saturated rings. The standard InChI is InChI=1S/C21H22N2O3S/c1-3-17(21(25)26)23-19(24)12-18-13(2)22-20(27-18)11-15-9-6-8-14-7-4-5-10-16(14)15/h4-10,17H,3,11-12H2,1-2H3,(H,23,24)(H,25,26). The van der Waals surface area contributed by atoms with Gasteiger partial charge in [0.2, 0.25) is 5.91 Å². The average Bonchev–Trinajstić information content (AvgIpc) is 2.98. The summed E-state index contributed by atoms with van der Waals surface area (Å²) in [7, 11) is 0. The number of fused-ring (bicyclic) bond motifs is 1. The van der Waals surface area contributed by atoms with Gasteiger partial charge in [-0.2, -0.15) is 0 Å². The zero-order valence-corrected chi connectivity index (χ0v) is 16.2. The number of carboxylic acid groups (broad SMARTS) is 1. The highest BCUT2D eigenvalue weighted by atomic mass is 32.1. The van der Waals surface area contributed by atoms with Gasteiger partial charge in [0.05, 0.1) is 17.1 Å². The molecule has 3 rings (SSSR count).